The van der Waals surface area contributed by atoms with E-state index in [0.29, 0.717) is 13.0 Å². The number of hydrogen-bond donors (Lipinski definition) is 3. The van der Waals surface area contributed by atoms with Crippen molar-refractivity contribution in [1.82, 2.24) is 15.6 Å². The van der Waals surface area contributed by atoms with E-state index in [1.54, 1.807) is 25.4 Å². The minimum Gasteiger partial charge on any atom is -0.480 e. The van der Waals surface area contributed by atoms with Crippen LogP contribution in [0.3, 0.4) is 0 Å². The number of pyridine rings is 1. The van der Waals surface area contributed by atoms with Gasteiger partial charge in [0.25, 0.3) is 0 Å². The lowest BCUT2D eigenvalue weighted by Crippen LogP contribution is -2.45. The quantitative estimate of drug-likeness (QED) is 0.631. The fourth-order valence-electron chi connectivity index (χ4n) is 1.95. The van der Waals surface area contributed by atoms with Crippen molar-refractivity contribution in [3.05, 3.63) is 30.1 Å². The fraction of sp³-hybridized carbons (Fsp3) is 0.500. The molecule has 1 heterocycles. The normalized spacial score (nSPS) is 13.0. The third kappa shape index (κ3) is 6.90. The second-order valence-electron chi connectivity index (χ2n) is 5.41. The maximum absolute atomic E-state index is 11.8. The Hall–Kier alpha value is -2.44. The van der Waals surface area contributed by atoms with Gasteiger partial charge in [-0.1, -0.05) is 26.3 Å². The standard InChI is InChI=1S/C16H23N3O4/c1-3-11(2)15(16(22)23)19-14(21)7-6-13(20)18-10-12-5-4-8-17-9-12/h4-5,8-9,11,15H,3,6-7,10H2,1-2H3,(H,18,20)(H,19,21)(H,22,23). The van der Waals surface area contributed by atoms with Crippen molar-refractivity contribution in [2.75, 3.05) is 0 Å². The van der Waals surface area contributed by atoms with Crippen LogP contribution in [0.5, 0.6) is 0 Å². The highest BCUT2D eigenvalue weighted by Crippen LogP contribution is 2.08. The lowest BCUT2D eigenvalue weighted by atomic mass is 9.99. The third-order valence-electron chi connectivity index (χ3n) is 3.59. The van der Waals surface area contributed by atoms with Gasteiger partial charge < -0.3 is 15.7 Å². The Kier molecular flexibility index (Phi) is 7.73. The lowest BCUT2D eigenvalue weighted by Gasteiger charge is -2.20. The molecule has 0 bridgehead atoms. The van der Waals surface area contributed by atoms with E-state index in [-0.39, 0.29) is 24.7 Å². The number of carbonyl (C=O) groups is 3. The Morgan fingerprint density at radius 1 is 1.26 bits per heavy atom. The van der Waals surface area contributed by atoms with Gasteiger partial charge in [-0.15, -0.1) is 0 Å². The number of nitrogens with zero attached hydrogens (tertiary/aromatic N) is 1. The first-order valence-electron chi connectivity index (χ1n) is 7.61. The largest absolute Gasteiger partial charge is 0.480 e. The van der Waals surface area contributed by atoms with Gasteiger partial charge in [0, 0.05) is 31.8 Å². The summed E-state index contributed by atoms with van der Waals surface area (Å²) in [5, 5.41) is 14.3. The molecule has 3 N–H and O–H groups in total. The van der Waals surface area contributed by atoms with Crippen LogP contribution >= 0.6 is 0 Å². The van der Waals surface area contributed by atoms with E-state index in [2.05, 4.69) is 15.6 Å². The van der Waals surface area contributed by atoms with E-state index in [1.165, 1.54) is 0 Å². The number of carbonyl (C=O) groups excluding carboxylic acids is 2. The molecule has 7 heteroatoms. The third-order valence-corrected chi connectivity index (χ3v) is 3.59. The molecule has 0 radical (unpaired) electrons. The van der Waals surface area contributed by atoms with Crippen molar-refractivity contribution >= 4 is 17.8 Å². The van der Waals surface area contributed by atoms with Crippen LogP contribution in [0.2, 0.25) is 0 Å². The minimum atomic E-state index is -1.06. The van der Waals surface area contributed by atoms with Crippen LogP contribution in [0.1, 0.15) is 38.7 Å². The monoisotopic (exact) mass is 321 g/mol. The second kappa shape index (κ2) is 9.55. The molecule has 0 saturated heterocycles. The van der Waals surface area contributed by atoms with Gasteiger partial charge in [0.1, 0.15) is 6.04 Å². The fourth-order valence-corrected chi connectivity index (χ4v) is 1.95. The minimum absolute atomic E-state index is 0.0128. The van der Waals surface area contributed by atoms with Gasteiger partial charge in [0.15, 0.2) is 0 Å². The van der Waals surface area contributed by atoms with Crippen molar-refractivity contribution in [2.24, 2.45) is 5.92 Å². The number of carboxylic acid groups (broad SMARTS) is 1. The second-order valence-corrected chi connectivity index (χ2v) is 5.41. The lowest BCUT2D eigenvalue weighted by molar-refractivity contribution is -0.143. The maximum Gasteiger partial charge on any atom is 0.326 e. The molecule has 2 unspecified atom stereocenters. The van der Waals surface area contributed by atoms with E-state index < -0.39 is 17.9 Å². The molecule has 1 rings (SSSR count). The SMILES string of the molecule is CCC(C)C(NC(=O)CCC(=O)NCc1cccnc1)C(=O)O. The van der Waals surface area contributed by atoms with Crippen LogP contribution in [0.4, 0.5) is 0 Å². The number of rotatable bonds is 9. The molecule has 0 saturated carbocycles. The molecule has 0 spiro atoms. The molecule has 2 atom stereocenters. The molecular weight excluding hydrogens is 298 g/mol. The van der Waals surface area contributed by atoms with Gasteiger partial charge in [0.05, 0.1) is 0 Å². The van der Waals surface area contributed by atoms with Crippen molar-refractivity contribution in [3.63, 3.8) is 0 Å². The van der Waals surface area contributed by atoms with E-state index in [9.17, 15) is 14.4 Å². The first-order chi connectivity index (χ1) is 10.9. The van der Waals surface area contributed by atoms with Crippen molar-refractivity contribution in [3.8, 4) is 0 Å². The van der Waals surface area contributed by atoms with Gasteiger partial charge >= 0.3 is 5.97 Å². The predicted molar refractivity (Wildman–Crippen MR) is 84.3 cm³/mol. The van der Waals surface area contributed by atoms with Crippen molar-refractivity contribution in [1.29, 1.82) is 0 Å². The topological polar surface area (TPSA) is 108 Å². The van der Waals surface area contributed by atoms with Gasteiger partial charge in [-0.2, -0.15) is 0 Å². The average molecular weight is 321 g/mol. The highest BCUT2D eigenvalue weighted by molar-refractivity contribution is 5.87. The Morgan fingerprint density at radius 2 is 1.96 bits per heavy atom. The van der Waals surface area contributed by atoms with E-state index in [0.717, 1.165) is 5.56 Å². The summed E-state index contributed by atoms with van der Waals surface area (Å²) in [5.74, 6) is -1.93. The molecular formula is C16H23N3O4. The van der Waals surface area contributed by atoms with Crippen LogP contribution in [0, 0.1) is 5.92 Å². The average Bonchev–Trinajstić information content (AvgIpc) is 2.55. The highest BCUT2D eigenvalue weighted by Gasteiger charge is 2.25. The number of aliphatic carboxylic acids is 1. The number of amides is 2. The molecule has 2 amide bonds. The first-order valence-corrected chi connectivity index (χ1v) is 7.61. The summed E-state index contributed by atoms with van der Waals surface area (Å²) in [6.45, 7) is 3.97. The summed E-state index contributed by atoms with van der Waals surface area (Å²) in [4.78, 5) is 38.6. The summed E-state index contributed by atoms with van der Waals surface area (Å²) < 4.78 is 0. The number of hydrogen-bond acceptors (Lipinski definition) is 4. The van der Waals surface area contributed by atoms with Crippen LogP contribution < -0.4 is 10.6 Å². The van der Waals surface area contributed by atoms with Crippen LogP contribution in [0.15, 0.2) is 24.5 Å². The zero-order valence-electron chi connectivity index (χ0n) is 13.4. The Balaban J connectivity index is 2.34. The summed E-state index contributed by atoms with van der Waals surface area (Å²) >= 11 is 0. The number of aromatic nitrogens is 1. The molecule has 0 aliphatic heterocycles. The highest BCUT2D eigenvalue weighted by atomic mass is 16.4. The van der Waals surface area contributed by atoms with Gasteiger partial charge in [0.2, 0.25) is 11.8 Å². The number of carboxylic acids is 1. The van der Waals surface area contributed by atoms with Gasteiger partial charge in [-0.05, 0) is 17.5 Å². The van der Waals surface area contributed by atoms with E-state index in [1.807, 2.05) is 13.0 Å². The van der Waals surface area contributed by atoms with Gasteiger partial charge in [-0.3, -0.25) is 14.6 Å². The van der Waals surface area contributed by atoms with E-state index in [4.69, 9.17) is 5.11 Å². The predicted octanol–water partition coefficient (Wildman–Crippen LogP) is 1.09. The Bertz CT molecular complexity index is 533. The van der Waals surface area contributed by atoms with Crippen molar-refractivity contribution in [2.45, 2.75) is 45.7 Å². The molecule has 1 aromatic rings. The Labute approximate surface area is 135 Å². The Morgan fingerprint density at radius 3 is 2.52 bits per heavy atom. The summed E-state index contributed by atoms with van der Waals surface area (Å²) in [6, 6.07) is 2.69. The summed E-state index contributed by atoms with van der Waals surface area (Å²) in [5.41, 5.74) is 0.869. The smallest absolute Gasteiger partial charge is 0.326 e. The molecule has 0 fully saturated rings. The molecule has 0 aliphatic carbocycles. The molecule has 0 aromatic carbocycles. The van der Waals surface area contributed by atoms with Crippen molar-refractivity contribution < 1.29 is 19.5 Å². The number of nitrogens with one attached hydrogen (secondary N) is 2. The first kappa shape index (κ1) is 18.6. The maximum atomic E-state index is 11.8. The zero-order valence-corrected chi connectivity index (χ0v) is 13.4. The van der Waals surface area contributed by atoms with Gasteiger partial charge in [-0.25, -0.2) is 4.79 Å². The van der Waals surface area contributed by atoms with Crippen LogP contribution in [0.25, 0.3) is 0 Å². The molecule has 1 aromatic heterocycles. The van der Waals surface area contributed by atoms with Crippen LogP contribution in [-0.2, 0) is 20.9 Å². The molecule has 126 valence electrons. The molecule has 23 heavy (non-hydrogen) atoms. The summed E-state index contributed by atoms with van der Waals surface area (Å²) in [6.07, 6.45) is 3.91. The summed E-state index contributed by atoms with van der Waals surface area (Å²) in [7, 11) is 0. The molecule has 0 aliphatic rings. The van der Waals surface area contributed by atoms with Crippen LogP contribution in [-0.4, -0.2) is 33.9 Å². The van der Waals surface area contributed by atoms with E-state index >= 15 is 0 Å². The zero-order chi connectivity index (χ0) is 17.2. The molecule has 7 nitrogen and oxygen atoms in total.